The average molecular weight is 314 g/mol. The molecular weight excluding hydrogens is 284 g/mol. The number of carbonyl (C=O) groups excluding carboxylic acids is 1. The van der Waals surface area contributed by atoms with Crippen LogP contribution in [0.1, 0.15) is 65.7 Å². The Hall–Kier alpha value is -0.890. The molecule has 0 radical (unpaired) electrons. The van der Waals surface area contributed by atoms with Crippen molar-refractivity contribution in [2.75, 3.05) is 0 Å². The van der Waals surface area contributed by atoms with Crippen molar-refractivity contribution in [2.24, 2.45) is 28.6 Å². The molecule has 4 aliphatic rings. The van der Waals surface area contributed by atoms with Crippen LogP contribution in [0, 0.1) is 28.6 Å². The summed E-state index contributed by atoms with van der Waals surface area (Å²) in [4.78, 5) is 12.1. The number of carbonyl (C=O) groups is 1. The highest BCUT2D eigenvalue weighted by molar-refractivity contribution is 6.05. The van der Waals surface area contributed by atoms with Crippen LogP contribution in [0.25, 0.3) is 0 Å². The van der Waals surface area contributed by atoms with Gasteiger partial charge in [-0.25, -0.2) is 0 Å². The normalized spacial score (nSPS) is 52.5. The van der Waals surface area contributed by atoms with Crippen LogP contribution in [0.4, 0.5) is 0 Å². The van der Waals surface area contributed by atoms with E-state index < -0.39 is 5.60 Å². The largest absolute Gasteiger partial charge is 0.390 e. The van der Waals surface area contributed by atoms with Crippen molar-refractivity contribution < 1.29 is 9.90 Å². The van der Waals surface area contributed by atoms with Crippen LogP contribution in [-0.4, -0.2) is 16.5 Å². The molecule has 2 heteroatoms. The van der Waals surface area contributed by atoms with Gasteiger partial charge in [-0.05, 0) is 92.1 Å². The molecule has 4 rings (SSSR count). The third kappa shape index (κ3) is 1.88. The van der Waals surface area contributed by atoms with Crippen LogP contribution in [-0.2, 0) is 4.79 Å². The molecule has 0 spiro atoms. The first-order valence-electron chi connectivity index (χ1n) is 9.35. The fourth-order valence-electron chi connectivity index (χ4n) is 6.84. The van der Waals surface area contributed by atoms with E-state index >= 15 is 0 Å². The first-order chi connectivity index (χ1) is 10.7. The second-order valence-corrected chi connectivity index (χ2v) is 9.42. The van der Waals surface area contributed by atoms with Crippen molar-refractivity contribution in [3.05, 3.63) is 23.8 Å². The number of hydrogen-bond donors (Lipinski definition) is 1. The zero-order valence-electron chi connectivity index (χ0n) is 14.8. The molecule has 126 valence electrons. The summed E-state index contributed by atoms with van der Waals surface area (Å²) in [6.07, 6.45) is 9.42. The van der Waals surface area contributed by atoms with E-state index in [0.29, 0.717) is 17.8 Å². The Morgan fingerprint density at radius 3 is 2.57 bits per heavy atom. The molecule has 6 atom stereocenters. The van der Waals surface area contributed by atoms with Gasteiger partial charge in [-0.3, -0.25) is 4.79 Å². The lowest BCUT2D eigenvalue weighted by molar-refractivity contribution is -0.120. The molecule has 2 nitrogen and oxygen atoms in total. The second kappa shape index (κ2) is 4.59. The molecule has 0 unspecified atom stereocenters. The summed E-state index contributed by atoms with van der Waals surface area (Å²) in [5.74, 6) is 2.14. The molecule has 0 aromatic heterocycles. The van der Waals surface area contributed by atoms with Gasteiger partial charge in [-0.1, -0.05) is 26.0 Å². The van der Waals surface area contributed by atoms with Gasteiger partial charge in [0.05, 0.1) is 5.60 Å². The molecule has 0 bridgehead atoms. The zero-order chi connectivity index (χ0) is 16.6. The van der Waals surface area contributed by atoms with Gasteiger partial charge in [0.2, 0.25) is 0 Å². The van der Waals surface area contributed by atoms with Crippen LogP contribution < -0.4 is 0 Å². The fourth-order valence-corrected chi connectivity index (χ4v) is 6.84. The van der Waals surface area contributed by atoms with E-state index in [4.69, 9.17) is 0 Å². The van der Waals surface area contributed by atoms with Crippen LogP contribution in [0.3, 0.4) is 0 Å². The lowest BCUT2D eigenvalue weighted by Crippen LogP contribution is -2.54. The van der Waals surface area contributed by atoms with Crippen LogP contribution in [0.2, 0.25) is 0 Å². The summed E-state index contributed by atoms with van der Waals surface area (Å²) >= 11 is 0. The molecule has 4 aliphatic carbocycles. The SMILES string of the molecule is C=C1C[C@]2(C)C(=CC1=O)CC[C@@H]1[C@@H]2CC[C@]2(C)[C@H]1CC[C@]2(C)O. The average Bonchev–Trinajstić information content (AvgIpc) is 2.71. The minimum atomic E-state index is -0.508. The van der Waals surface area contributed by atoms with E-state index in [9.17, 15) is 9.90 Å². The molecule has 3 fully saturated rings. The monoisotopic (exact) mass is 314 g/mol. The summed E-state index contributed by atoms with van der Waals surface area (Å²) in [5.41, 5.74) is 1.87. The summed E-state index contributed by atoms with van der Waals surface area (Å²) < 4.78 is 0. The molecule has 0 amide bonds. The predicted octanol–water partition coefficient (Wildman–Crippen LogP) is 4.44. The van der Waals surface area contributed by atoms with E-state index in [-0.39, 0.29) is 16.6 Å². The van der Waals surface area contributed by atoms with Crippen molar-refractivity contribution >= 4 is 5.78 Å². The van der Waals surface area contributed by atoms with E-state index in [1.165, 1.54) is 24.8 Å². The Kier molecular flexibility index (Phi) is 3.12. The molecular formula is C21H30O2. The summed E-state index contributed by atoms with van der Waals surface area (Å²) in [6.45, 7) is 10.8. The number of allylic oxidation sites excluding steroid dienone is 2. The summed E-state index contributed by atoms with van der Waals surface area (Å²) in [5, 5.41) is 10.9. The Balaban J connectivity index is 1.72. The molecule has 1 N–H and O–H groups in total. The zero-order valence-corrected chi connectivity index (χ0v) is 14.8. The standard InChI is InChI=1S/C21H30O2/c1-13-12-19(2)14(11-18(13)22)5-6-15-16(19)7-9-20(3)17(15)8-10-21(20,4)23/h11,15-17,23H,1,5-10,12H2,2-4H3/t15-,16+,17+,19-,20-,21+/m1/s1. The van der Waals surface area contributed by atoms with Crippen molar-refractivity contribution in [2.45, 2.75) is 71.3 Å². The molecule has 23 heavy (non-hydrogen) atoms. The number of hydrogen-bond acceptors (Lipinski definition) is 2. The van der Waals surface area contributed by atoms with E-state index in [1.54, 1.807) is 0 Å². The minimum Gasteiger partial charge on any atom is -0.390 e. The lowest BCUT2D eigenvalue weighted by atomic mass is 9.46. The summed E-state index contributed by atoms with van der Waals surface area (Å²) in [7, 11) is 0. The quantitative estimate of drug-likeness (QED) is 0.671. The van der Waals surface area contributed by atoms with Crippen molar-refractivity contribution in [3.63, 3.8) is 0 Å². The lowest BCUT2D eigenvalue weighted by Gasteiger charge is -2.59. The highest BCUT2D eigenvalue weighted by atomic mass is 16.3. The Labute approximate surface area is 140 Å². The van der Waals surface area contributed by atoms with Gasteiger partial charge in [0.15, 0.2) is 5.78 Å². The van der Waals surface area contributed by atoms with Crippen LogP contribution in [0.15, 0.2) is 23.8 Å². The topological polar surface area (TPSA) is 37.3 Å². The van der Waals surface area contributed by atoms with Gasteiger partial charge in [-0.2, -0.15) is 0 Å². The van der Waals surface area contributed by atoms with Gasteiger partial charge >= 0.3 is 0 Å². The number of fused-ring (bicyclic) bond motifs is 5. The Bertz CT molecular complexity index is 613. The smallest absolute Gasteiger partial charge is 0.181 e. The van der Waals surface area contributed by atoms with E-state index in [0.717, 1.165) is 31.3 Å². The molecule has 0 aromatic rings. The first-order valence-corrected chi connectivity index (χ1v) is 9.35. The van der Waals surface area contributed by atoms with Gasteiger partial charge in [0, 0.05) is 0 Å². The van der Waals surface area contributed by atoms with Gasteiger partial charge in [0.1, 0.15) is 0 Å². The molecule has 0 aliphatic heterocycles. The number of rotatable bonds is 0. The predicted molar refractivity (Wildman–Crippen MR) is 91.9 cm³/mol. The minimum absolute atomic E-state index is 0.0766. The second-order valence-electron chi connectivity index (χ2n) is 9.42. The van der Waals surface area contributed by atoms with Gasteiger partial charge < -0.3 is 5.11 Å². The van der Waals surface area contributed by atoms with Gasteiger partial charge in [0.25, 0.3) is 0 Å². The van der Waals surface area contributed by atoms with E-state index in [1.807, 2.05) is 6.08 Å². The maximum absolute atomic E-state index is 12.1. The number of ketones is 1. The fraction of sp³-hybridized carbons (Fsp3) is 0.762. The van der Waals surface area contributed by atoms with Crippen molar-refractivity contribution in [3.8, 4) is 0 Å². The van der Waals surface area contributed by atoms with Crippen molar-refractivity contribution in [1.29, 1.82) is 0 Å². The maximum Gasteiger partial charge on any atom is 0.181 e. The van der Waals surface area contributed by atoms with Crippen molar-refractivity contribution in [1.82, 2.24) is 0 Å². The third-order valence-corrected chi connectivity index (χ3v) is 8.53. The van der Waals surface area contributed by atoms with E-state index in [2.05, 4.69) is 27.4 Å². The van der Waals surface area contributed by atoms with Gasteiger partial charge in [-0.15, -0.1) is 0 Å². The molecule has 3 saturated carbocycles. The molecule has 0 heterocycles. The highest BCUT2D eigenvalue weighted by Gasteiger charge is 2.62. The summed E-state index contributed by atoms with van der Waals surface area (Å²) in [6, 6.07) is 0. The molecule has 0 aromatic carbocycles. The Morgan fingerprint density at radius 1 is 1.13 bits per heavy atom. The Morgan fingerprint density at radius 2 is 1.83 bits per heavy atom. The first kappa shape index (κ1) is 15.6. The maximum atomic E-state index is 12.1. The third-order valence-electron chi connectivity index (χ3n) is 8.53. The van der Waals surface area contributed by atoms with Crippen LogP contribution in [0.5, 0.6) is 0 Å². The number of aliphatic hydroxyl groups is 1. The molecule has 0 saturated heterocycles. The van der Waals surface area contributed by atoms with Crippen LogP contribution >= 0.6 is 0 Å². The highest BCUT2D eigenvalue weighted by Crippen LogP contribution is 2.67.